The summed E-state index contributed by atoms with van der Waals surface area (Å²) in [6.45, 7) is 7.31. The maximum Gasteiger partial charge on any atom is 0.191 e. The molecule has 2 aromatic carbocycles. The van der Waals surface area contributed by atoms with Crippen LogP contribution in [-0.4, -0.2) is 33.9 Å². The standard InChI is InChI=1S/C23H29N5S.HI/c1-3-24-23(26-16-19(2)29-21-12-8-5-9-13-21)27-17-22-25-14-15-28(22)18-20-10-6-4-7-11-20;/h4-15,19H,3,16-18H2,1-2H3,(H2,24,26,27);1H. The normalized spacial score (nSPS) is 12.1. The van der Waals surface area contributed by atoms with E-state index in [0.717, 1.165) is 31.4 Å². The number of imidazole rings is 1. The van der Waals surface area contributed by atoms with E-state index >= 15 is 0 Å². The molecule has 3 aromatic rings. The van der Waals surface area contributed by atoms with Gasteiger partial charge in [0.1, 0.15) is 12.4 Å². The van der Waals surface area contributed by atoms with Gasteiger partial charge in [-0.05, 0) is 24.6 Å². The highest BCUT2D eigenvalue weighted by Crippen LogP contribution is 2.21. The van der Waals surface area contributed by atoms with E-state index in [4.69, 9.17) is 4.99 Å². The van der Waals surface area contributed by atoms with Crippen LogP contribution in [0.15, 0.2) is 82.9 Å². The topological polar surface area (TPSA) is 54.2 Å². The fourth-order valence-electron chi connectivity index (χ4n) is 2.92. The summed E-state index contributed by atoms with van der Waals surface area (Å²) < 4.78 is 2.15. The molecule has 0 amide bonds. The summed E-state index contributed by atoms with van der Waals surface area (Å²) in [5, 5.41) is 7.21. The van der Waals surface area contributed by atoms with Crippen molar-refractivity contribution in [3.05, 3.63) is 84.4 Å². The molecule has 5 nitrogen and oxygen atoms in total. The zero-order valence-electron chi connectivity index (χ0n) is 17.5. The molecule has 2 N–H and O–H groups in total. The molecule has 1 aromatic heterocycles. The Morgan fingerprint density at radius 3 is 2.47 bits per heavy atom. The van der Waals surface area contributed by atoms with Gasteiger partial charge in [-0.1, -0.05) is 55.5 Å². The molecule has 7 heteroatoms. The fraction of sp³-hybridized carbons (Fsp3) is 0.304. The summed E-state index contributed by atoms with van der Waals surface area (Å²) in [5.41, 5.74) is 1.26. The Kier molecular flexibility index (Phi) is 10.8. The second-order valence-electron chi connectivity index (χ2n) is 6.77. The van der Waals surface area contributed by atoms with Crippen molar-refractivity contribution >= 4 is 41.7 Å². The minimum absolute atomic E-state index is 0. The lowest BCUT2D eigenvalue weighted by molar-refractivity contribution is 0.716. The van der Waals surface area contributed by atoms with Crippen LogP contribution < -0.4 is 10.6 Å². The lowest BCUT2D eigenvalue weighted by Gasteiger charge is -2.16. The number of hydrogen-bond donors (Lipinski definition) is 2. The summed E-state index contributed by atoms with van der Waals surface area (Å²) in [4.78, 5) is 10.5. The van der Waals surface area contributed by atoms with Crippen LogP contribution in [-0.2, 0) is 13.1 Å². The van der Waals surface area contributed by atoms with E-state index in [-0.39, 0.29) is 24.0 Å². The number of halogens is 1. The first-order valence-corrected chi connectivity index (χ1v) is 10.9. The van der Waals surface area contributed by atoms with Gasteiger partial charge in [-0.15, -0.1) is 35.7 Å². The van der Waals surface area contributed by atoms with Gasteiger partial charge in [0.25, 0.3) is 0 Å². The second-order valence-corrected chi connectivity index (χ2v) is 8.29. The van der Waals surface area contributed by atoms with Gasteiger partial charge in [0.05, 0.1) is 0 Å². The zero-order valence-corrected chi connectivity index (χ0v) is 20.6. The van der Waals surface area contributed by atoms with Crippen molar-refractivity contribution < 1.29 is 0 Å². The maximum absolute atomic E-state index is 4.74. The summed E-state index contributed by atoms with van der Waals surface area (Å²) in [6, 6.07) is 20.9. The molecule has 1 atom stereocenters. The minimum atomic E-state index is 0. The van der Waals surface area contributed by atoms with Gasteiger partial charge < -0.3 is 15.2 Å². The Labute approximate surface area is 200 Å². The first kappa shape index (κ1) is 24.3. The first-order chi connectivity index (χ1) is 14.2. The number of rotatable bonds is 9. The van der Waals surface area contributed by atoms with E-state index in [0.29, 0.717) is 11.8 Å². The molecule has 0 aliphatic carbocycles. The van der Waals surface area contributed by atoms with Crippen LogP contribution in [0.25, 0.3) is 0 Å². The van der Waals surface area contributed by atoms with Crippen LogP contribution in [0.5, 0.6) is 0 Å². The van der Waals surface area contributed by atoms with Crippen LogP contribution in [0.3, 0.4) is 0 Å². The lowest BCUT2D eigenvalue weighted by Crippen LogP contribution is -2.40. The third kappa shape index (κ3) is 8.02. The van der Waals surface area contributed by atoms with Crippen LogP contribution >= 0.6 is 35.7 Å². The molecule has 30 heavy (non-hydrogen) atoms. The molecule has 3 rings (SSSR count). The van der Waals surface area contributed by atoms with Crippen molar-refractivity contribution in [2.24, 2.45) is 4.99 Å². The van der Waals surface area contributed by atoms with E-state index in [1.807, 2.05) is 36.3 Å². The highest BCUT2D eigenvalue weighted by Gasteiger charge is 2.07. The quantitative estimate of drug-likeness (QED) is 0.179. The molecule has 0 fully saturated rings. The van der Waals surface area contributed by atoms with Gasteiger partial charge >= 0.3 is 0 Å². The van der Waals surface area contributed by atoms with Gasteiger partial charge in [0.15, 0.2) is 5.96 Å². The Morgan fingerprint density at radius 1 is 1.07 bits per heavy atom. The number of hydrogen-bond acceptors (Lipinski definition) is 3. The SMILES string of the molecule is CCNC(=NCc1nccn1Cc1ccccc1)NCC(C)Sc1ccccc1.I. The van der Waals surface area contributed by atoms with Crippen molar-refractivity contribution in [3.8, 4) is 0 Å². The third-order valence-electron chi connectivity index (χ3n) is 4.36. The molecule has 1 unspecified atom stereocenters. The van der Waals surface area contributed by atoms with Gasteiger partial charge in [-0.2, -0.15) is 0 Å². The lowest BCUT2D eigenvalue weighted by atomic mass is 10.2. The fourth-order valence-corrected chi connectivity index (χ4v) is 3.87. The second kappa shape index (κ2) is 13.3. The van der Waals surface area contributed by atoms with Crippen molar-refractivity contribution in [1.82, 2.24) is 20.2 Å². The molecule has 0 saturated carbocycles. The molecule has 0 radical (unpaired) electrons. The number of aliphatic imine (C=N–C) groups is 1. The van der Waals surface area contributed by atoms with Crippen LogP contribution in [0, 0.1) is 0 Å². The summed E-state index contributed by atoms with van der Waals surface area (Å²) >= 11 is 1.86. The van der Waals surface area contributed by atoms with Gasteiger partial charge in [-0.3, -0.25) is 0 Å². The number of aromatic nitrogens is 2. The van der Waals surface area contributed by atoms with E-state index in [1.54, 1.807) is 0 Å². The number of benzene rings is 2. The van der Waals surface area contributed by atoms with E-state index in [2.05, 4.69) is 82.6 Å². The van der Waals surface area contributed by atoms with E-state index in [1.165, 1.54) is 10.5 Å². The molecule has 0 aliphatic rings. The molecular formula is C23H30IN5S. The third-order valence-corrected chi connectivity index (χ3v) is 5.47. The smallest absolute Gasteiger partial charge is 0.191 e. The monoisotopic (exact) mass is 535 g/mol. The average Bonchev–Trinajstić information content (AvgIpc) is 3.18. The number of nitrogens with one attached hydrogen (secondary N) is 2. The first-order valence-electron chi connectivity index (χ1n) is 10.0. The van der Waals surface area contributed by atoms with Crippen molar-refractivity contribution in [2.75, 3.05) is 13.1 Å². The zero-order chi connectivity index (χ0) is 20.3. The number of thioether (sulfide) groups is 1. The number of nitrogens with zero attached hydrogens (tertiary/aromatic N) is 3. The molecular weight excluding hydrogens is 505 g/mol. The van der Waals surface area contributed by atoms with Crippen LogP contribution in [0.2, 0.25) is 0 Å². The Morgan fingerprint density at radius 2 is 1.77 bits per heavy atom. The highest BCUT2D eigenvalue weighted by molar-refractivity contribution is 14.0. The van der Waals surface area contributed by atoms with Crippen molar-refractivity contribution in [2.45, 2.75) is 37.1 Å². The highest BCUT2D eigenvalue weighted by atomic mass is 127. The minimum Gasteiger partial charge on any atom is -0.357 e. The van der Waals surface area contributed by atoms with Crippen molar-refractivity contribution in [3.63, 3.8) is 0 Å². The van der Waals surface area contributed by atoms with Crippen molar-refractivity contribution in [1.29, 1.82) is 0 Å². The van der Waals surface area contributed by atoms with E-state index in [9.17, 15) is 0 Å². The summed E-state index contributed by atoms with van der Waals surface area (Å²) in [5.74, 6) is 1.78. The Balaban J connectivity index is 0.00000320. The van der Waals surface area contributed by atoms with Gasteiger partial charge in [0, 0.05) is 42.2 Å². The average molecular weight is 535 g/mol. The predicted octanol–water partition coefficient (Wildman–Crippen LogP) is 4.79. The Hall–Kier alpha value is -2.00. The summed E-state index contributed by atoms with van der Waals surface area (Å²) in [6.07, 6.45) is 3.85. The van der Waals surface area contributed by atoms with Crippen LogP contribution in [0.1, 0.15) is 25.2 Å². The molecule has 0 saturated heterocycles. The molecule has 160 valence electrons. The Bertz CT molecular complexity index is 883. The molecule has 0 aliphatic heterocycles. The van der Waals surface area contributed by atoms with Crippen LogP contribution in [0.4, 0.5) is 0 Å². The summed E-state index contributed by atoms with van der Waals surface area (Å²) in [7, 11) is 0. The van der Waals surface area contributed by atoms with E-state index < -0.39 is 0 Å². The maximum atomic E-state index is 4.74. The molecule has 1 heterocycles. The van der Waals surface area contributed by atoms with Gasteiger partial charge in [0.2, 0.25) is 0 Å². The molecule has 0 bridgehead atoms. The van der Waals surface area contributed by atoms with Gasteiger partial charge in [-0.25, -0.2) is 9.98 Å². The largest absolute Gasteiger partial charge is 0.357 e. The molecule has 0 spiro atoms. The predicted molar refractivity (Wildman–Crippen MR) is 138 cm³/mol. The number of guanidine groups is 1.